The second kappa shape index (κ2) is 8.16. The van der Waals surface area contributed by atoms with Crippen LogP contribution in [-0.4, -0.2) is 0 Å². The predicted molar refractivity (Wildman–Crippen MR) is 167 cm³/mol. The van der Waals surface area contributed by atoms with E-state index in [1.165, 1.54) is 76.8 Å². The van der Waals surface area contributed by atoms with Crippen LogP contribution in [0.3, 0.4) is 0 Å². The van der Waals surface area contributed by atoms with E-state index in [1.807, 2.05) is 0 Å². The first-order valence-corrected chi connectivity index (χ1v) is 13.8. The molecule has 0 fully saturated rings. The summed E-state index contributed by atoms with van der Waals surface area (Å²) in [5, 5.41) is 7.87. The van der Waals surface area contributed by atoms with Gasteiger partial charge in [0.1, 0.15) is 0 Å². The van der Waals surface area contributed by atoms with Crippen molar-refractivity contribution in [3.8, 4) is 33.4 Å². The van der Waals surface area contributed by atoms with E-state index in [0.717, 1.165) is 0 Å². The molecule has 39 heavy (non-hydrogen) atoms. The van der Waals surface area contributed by atoms with Gasteiger partial charge in [-0.25, -0.2) is 0 Å². The van der Waals surface area contributed by atoms with Gasteiger partial charge in [0.25, 0.3) is 0 Å². The maximum absolute atomic E-state index is 2.39. The van der Waals surface area contributed by atoms with Crippen LogP contribution in [0.5, 0.6) is 0 Å². The van der Waals surface area contributed by atoms with Crippen molar-refractivity contribution in [1.82, 2.24) is 0 Å². The van der Waals surface area contributed by atoms with Crippen molar-refractivity contribution in [1.29, 1.82) is 0 Å². The molecule has 0 amide bonds. The van der Waals surface area contributed by atoms with E-state index in [0.29, 0.717) is 0 Å². The lowest BCUT2D eigenvalue weighted by molar-refractivity contribution is 0.660. The first-order valence-electron chi connectivity index (χ1n) is 13.8. The summed E-state index contributed by atoms with van der Waals surface area (Å²) < 4.78 is 0. The van der Waals surface area contributed by atoms with E-state index >= 15 is 0 Å². The molecule has 0 nitrogen and oxygen atoms in total. The van der Waals surface area contributed by atoms with E-state index in [2.05, 4.69) is 147 Å². The van der Waals surface area contributed by atoms with Crippen LogP contribution in [0.2, 0.25) is 0 Å². The summed E-state index contributed by atoms with van der Waals surface area (Å²) in [5.41, 5.74) is 10.6. The zero-order valence-corrected chi connectivity index (χ0v) is 22.2. The molecular formula is C39H28. The molecule has 7 aromatic carbocycles. The van der Waals surface area contributed by atoms with Crippen molar-refractivity contribution in [2.45, 2.75) is 19.3 Å². The summed E-state index contributed by atoms with van der Waals surface area (Å²) >= 11 is 0. The quantitative estimate of drug-likeness (QED) is 0.209. The molecule has 0 bridgehead atoms. The number of hydrogen-bond acceptors (Lipinski definition) is 0. The van der Waals surface area contributed by atoms with E-state index in [4.69, 9.17) is 0 Å². The third kappa shape index (κ3) is 3.25. The number of fused-ring (bicyclic) bond motifs is 9. The average molecular weight is 497 g/mol. The highest BCUT2D eigenvalue weighted by molar-refractivity contribution is 6.25. The van der Waals surface area contributed by atoms with Gasteiger partial charge in [-0.15, -0.1) is 0 Å². The fourth-order valence-electron chi connectivity index (χ4n) is 6.87. The van der Waals surface area contributed by atoms with Gasteiger partial charge in [0.05, 0.1) is 0 Å². The van der Waals surface area contributed by atoms with Crippen LogP contribution in [-0.2, 0) is 5.41 Å². The highest BCUT2D eigenvalue weighted by Crippen LogP contribution is 2.49. The number of benzene rings is 7. The molecule has 0 atom stereocenters. The first kappa shape index (κ1) is 22.3. The van der Waals surface area contributed by atoms with Crippen LogP contribution in [0.25, 0.3) is 65.7 Å². The largest absolute Gasteiger partial charge is 0.0619 e. The molecular weight excluding hydrogens is 468 g/mol. The fraction of sp³-hybridized carbons (Fsp3) is 0.0769. The molecule has 7 aromatic rings. The second-order valence-electron chi connectivity index (χ2n) is 11.4. The zero-order valence-electron chi connectivity index (χ0n) is 22.2. The highest BCUT2D eigenvalue weighted by Gasteiger charge is 2.35. The van der Waals surface area contributed by atoms with E-state index in [-0.39, 0.29) is 5.41 Å². The summed E-state index contributed by atoms with van der Waals surface area (Å²) in [6.07, 6.45) is 0. The van der Waals surface area contributed by atoms with E-state index in [9.17, 15) is 0 Å². The van der Waals surface area contributed by atoms with Gasteiger partial charge in [0, 0.05) is 5.41 Å². The standard InChI is InChI=1S/C39H28/c1-39(2)37-17-8-7-16-34(37)36-24-28(19-21-38(36)39)26-11-9-10-25(22-26)27-18-20-33-31-14-4-3-12-29(31)30-13-5-6-15-32(30)35(33)23-27/h3-24H,1-2H3. The van der Waals surface area contributed by atoms with Crippen molar-refractivity contribution < 1.29 is 0 Å². The minimum absolute atomic E-state index is 0.0321. The second-order valence-corrected chi connectivity index (χ2v) is 11.4. The topological polar surface area (TPSA) is 0 Å². The third-order valence-corrected chi connectivity index (χ3v) is 8.86. The summed E-state index contributed by atoms with van der Waals surface area (Å²) in [6, 6.07) is 49.4. The number of rotatable bonds is 2. The molecule has 0 heteroatoms. The highest BCUT2D eigenvalue weighted by atomic mass is 14.4. The van der Waals surface area contributed by atoms with Crippen molar-refractivity contribution >= 4 is 32.3 Å². The molecule has 8 rings (SSSR count). The van der Waals surface area contributed by atoms with E-state index < -0.39 is 0 Å². The predicted octanol–water partition coefficient (Wildman–Crippen LogP) is 10.8. The average Bonchev–Trinajstić information content (AvgIpc) is 3.23. The van der Waals surface area contributed by atoms with Crippen LogP contribution in [0.4, 0.5) is 0 Å². The molecule has 0 saturated heterocycles. The summed E-state index contributed by atoms with van der Waals surface area (Å²) in [7, 11) is 0. The van der Waals surface area contributed by atoms with Crippen LogP contribution in [0.15, 0.2) is 133 Å². The Morgan fingerprint density at radius 3 is 1.51 bits per heavy atom. The smallest absolute Gasteiger partial charge is 0.0158 e. The fourth-order valence-corrected chi connectivity index (χ4v) is 6.87. The van der Waals surface area contributed by atoms with Gasteiger partial charge in [-0.2, -0.15) is 0 Å². The van der Waals surface area contributed by atoms with Gasteiger partial charge < -0.3 is 0 Å². The molecule has 0 aromatic heterocycles. The Morgan fingerprint density at radius 1 is 0.333 bits per heavy atom. The maximum atomic E-state index is 2.39. The van der Waals surface area contributed by atoms with Crippen molar-refractivity contribution in [3.63, 3.8) is 0 Å². The van der Waals surface area contributed by atoms with E-state index in [1.54, 1.807) is 0 Å². The Labute approximate surface area is 229 Å². The minimum atomic E-state index is 0.0321. The van der Waals surface area contributed by atoms with Crippen molar-refractivity contribution in [2.75, 3.05) is 0 Å². The van der Waals surface area contributed by atoms with Crippen LogP contribution >= 0.6 is 0 Å². The van der Waals surface area contributed by atoms with Crippen LogP contribution in [0.1, 0.15) is 25.0 Å². The lowest BCUT2D eigenvalue weighted by Crippen LogP contribution is -2.14. The normalized spacial score (nSPS) is 13.6. The minimum Gasteiger partial charge on any atom is -0.0619 e. The molecule has 0 N–H and O–H groups in total. The molecule has 0 aliphatic heterocycles. The first-order chi connectivity index (χ1) is 19.1. The van der Waals surface area contributed by atoms with Gasteiger partial charge >= 0.3 is 0 Å². The Morgan fingerprint density at radius 2 is 0.821 bits per heavy atom. The SMILES string of the molecule is CC1(C)c2ccccc2-c2cc(-c3cccc(-c4ccc5c6ccccc6c6ccccc6c5c4)c3)ccc21. The van der Waals surface area contributed by atoms with Gasteiger partial charge in [-0.3, -0.25) is 0 Å². The van der Waals surface area contributed by atoms with Crippen LogP contribution in [0, 0.1) is 0 Å². The van der Waals surface area contributed by atoms with Gasteiger partial charge in [0.15, 0.2) is 0 Å². The van der Waals surface area contributed by atoms with Gasteiger partial charge in [0.2, 0.25) is 0 Å². The molecule has 0 spiro atoms. The Bertz CT molecular complexity index is 2060. The molecule has 0 unspecified atom stereocenters. The van der Waals surface area contributed by atoms with Crippen molar-refractivity contribution in [3.05, 3.63) is 145 Å². The lowest BCUT2D eigenvalue weighted by Gasteiger charge is -2.21. The summed E-state index contributed by atoms with van der Waals surface area (Å²) in [6.45, 7) is 4.68. The van der Waals surface area contributed by atoms with Crippen LogP contribution < -0.4 is 0 Å². The monoisotopic (exact) mass is 496 g/mol. The van der Waals surface area contributed by atoms with Crippen molar-refractivity contribution in [2.24, 2.45) is 0 Å². The molecule has 1 aliphatic rings. The molecule has 184 valence electrons. The molecule has 0 saturated carbocycles. The Kier molecular flexibility index (Phi) is 4.67. The maximum Gasteiger partial charge on any atom is 0.0158 e. The van der Waals surface area contributed by atoms with Gasteiger partial charge in [-0.1, -0.05) is 129 Å². The number of hydrogen-bond donors (Lipinski definition) is 0. The lowest BCUT2D eigenvalue weighted by atomic mass is 9.82. The van der Waals surface area contributed by atoms with Gasteiger partial charge in [-0.05, 0) is 95.0 Å². The molecule has 1 aliphatic carbocycles. The summed E-state index contributed by atoms with van der Waals surface area (Å²) in [4.78, 5) is 0. The Hall–Kier alpha value is -4.68. The molecule has 0 radical (unpaired) electrons. The Balaban J connectivity index is 1.28. The summed E-state index contributed by atoms with van der Waals surface area (Å²) in [5.74, 6) is 0. The zero-order chi connectivity index (χ0) is 26.1. The third-order valence-electron chi connectivity index (χ3n) is 8.86. The molecule has 0 heterocycles.